The molecule has 4 aromatic rings. The molecule has 0 fully saturated rings. The van der Waals surface area contributed by atoms with Gasteiger partial charge in [0, 0.05) is 10.4 Å². The number of hydrogen-bond donors (Lipinski definition) is 3. The zero-order chi connectivity index (χ0) is 24.1. The second kappa shape index (κ2) is 10.1. The Hall–Kier alpha value is -4.30. The number of hydrazine groups is 1. The Labute approximate surface area is 199 Å². The van der Waals surface area contributed by atoms with E-state index >= 15 is 0 Å². The first-order chi connectivity index (χ1) is 16.5. The monoisotopic (exact) mass is 477 g/mol. The number of hydrogen-bond acceptors (Lipinski definition) is 6. The molecule has 1 heterocycles. The quantitative estimate of drug-likeness (QED) is 0.270. The van der Waals surface area contributed by atoms with Crippen LogP contribution in [0.2, 0.25) is 5.02 Å². The van der Waals surface area contributed by atoms with E-state index < -0.39 is 22.9 Å². The van der Waals surface area contributed by atoms with Gasteiger partial charge in [0.05, 0.1) is 18.3 Å². The van der Waals surface area contributed by atoms with Crippen LogP contribution in [0.4, 0.5) is 5.69 Å². The number of carbonyl (C=O) groups is 2. The highest BCUT2D eigenvalue weighted by Crippen LogP contribution is 2.19. The Morgan fingerprint density at radius 2 is 1.74 bits per heavy atom. The minimum atomic E-state index is -0.928. The number of aromatic amines is 1. The third kappa shape index (κ3) is 5.02. The normalized spacial score (nSPS) is 10.5. The molecule has 0 aliphatic carbocycles. The number of anilines is 1. The summed E-state index contributed by atoms with van der Waals surface area (Å²) in [5, 5.41) is 0.577. The van der Waals surface area contributed by atoms with Crippen molar-refractivity contribution in [2.24, 2.45) is 0 Å². The Kier molecular flexibility index (Phi) is 6.79. The third-order valence-electron chi connectivity index (χ3n) is 5.00. The molecule has 0 saturated carbocycles. The van der Waals surface area contributed by atoms with Crippen LogP contribution in [-0.2, 0) is 11.3 Å². The minimum Gasteiger partial charge on any atom is -0.489 e. The van der Waals surface area contributed by atoms with E-state index in [0.29, 0.717) is 28.6 Å². The molecule has 3 N–H and O–H groups in total. The molecule has 4 rings (SSSR count). The maximum Gasteiger partial charge on any atom is 0.344 e. The van der Waals surface area contributed by atoms with Crippen LogP contribution in [0, 0.1) is 0 Å². The molecule has 9 heteroatoms. The van der Waals surface area contributed by atoms with Gasteiger partial charge in [-0.1, -0.05) is 41.9 Å². The number of halogens is 1. The number of benzene rings is 3. The molecule has 0 unspecified atom stereocenters. The maximum absolute atomic E-state index is 12.9. The van der Waals surface area contributed by atoms with Crippen molar-refractivity contribution in [1.82, 2.24) is 10.4 Å². The van der Waals surface area contributed by atoms with Gasteiger partial charge in [0.25, 0.3) is 5.91 Å². The lowest BCUT2D eigenvalue weighted by Gasteiger charge is -2.13. The van der Waals surface area contributed by atoms with E-state index in [9.17, 15) is 14.4 Å². The number of esters is 1. The molecular formula is C25H20ClN3O5. The first-order valence-electron chi connectivity index (χ1n) is 10.2. The van der Waals surface area contributed by atoms with Gasteiger partial charge in [-0.3, -0.25) is 20.4 Å². The van der Waals surface area contributed by atoms with Crippen molar-refractivity contribution >= 4 is 40.1 Å². The smallest absolute Gasteiger partial charge is 0.344 e. The van der Waals surface area contributed by atoms with Crippen molar-refractivity contribution in [2.45, 2.75) is 6.61 Å². The molecule has 1 amide bonds. The molecule has 8 nitrogen and oxygen atoms in total. The first kappa shape index (κ1) is 22.9. The fourth-order valence-corrected chi connectivity index (χ4v) is 3.47. The molecule has 34 heavy (non-hydrogen) atoms. The molecule has 1 aromatic heterocycles. The second-order valence-electron chi connectivity index (χ2n) is 7.26. The van der Waals surface area contributed by atoms with Crippen LogP contribution in [0.25, 0.3) is 10.9 Å². The summed E-state index contributed by atoms with van der Waals surface area (Å²) in [6, 6.07) is 21.2. The zero-order valence-electron chi connectivity index (χ0n) is 18.1. The molecule has 0 aliphatic heterocycles. The van der Waals surface area contributed by atoms with Crippen molar-refractivity contribution < 1.29 is 19.1 Å². The number of carbonyl (C=O) groups excluding carboxylic acids is 2. The highest BCUT2D eigenvalue weighted by atomic mass is 35.5. The Balaban J connectivity index is 1.49. The summed E-state index contributed by atoms with van der Waals surface area (Å²) in [5.41, 5.74) is 5.86. The van der Waals surface area contributed by atoms with E-state index in [2.05, 4.69) is 15.8 Å². The van der Waals surface area contributed by atoms with Crippen molar-refractivity contribution in [3.63, 3.8) is 0 Å². The lowest BCUT2D eigenvalue weighted by molar-refractivity contribution is 0.0594. The van der Waals surface area contributed by atoms with Gasteiger partial charge in [0.2, 0.25) is 5.43 Å². The molecule has 0 aliphatic rings. The summed E-state index contributed by atoms with van der Waals surface area (Å²) in [6.45, 7) is 0.431. The SMILES string of the molecule is COC(=O)c1c(C(=O)NNc2ccc(OCc3ccccc3)cc2)[nH]c2cc(Cl)ccc2c1=O. The summed E-state index contributed by atoms with van der Waals surface area (Å²) < 4.78 is 10.5. The topological polar surface area (TPSA) is 110 Å². The van der Waals surface area contributed by atoms with Gasteiger partial charge >= 0.3 is 5.97 Å². The first-order valence-corrected chi connectivity index (χ1v) is 10.6. The summed E-state index contributed by atoms with van der Waals surface area (Å²) >= 11 is 6.01. The minimum absolute atomic E-state index is 0.209. The van der Waals surface area contributed by atoms with Crippen molar-refractivity contribution in [1.29, 1.82) is 0 Å². The number of H-pyrrole nitrogens is 1. The number of aromatic nitrogens is 1. The molecule has 0 saturated heterocycles. The van der Waals surface area contributed by atoms with Gasteiger partial charge in [-0.15, -0.1) is 0 Å². The van der Waals surface area contributed by atoms with Gasteiger partial charge in [0.1, 0.15) is 23.6 Å². The lowest BCUT2D eigenvalue weighted by atomic mass is 10.1. The number of ether oxygens (including phenoxy) is 2. The van der Waals surface area contributed by atoms with Gasteiger partial charge in [-0.05, 0) is 48.0 Å². The van der Waals surface area contributed by atoms with E-state index in [-0.39, 0.29) is 11.1 Å². The highest BCUT2D eigenvalue weighted by Gasteiger charge is 2.24. The van der Waals surface area contributed by atoms with Crippen LogP contribution >= 0.6 is 11.6 Å². The van der Waals surface area contributed by atoms with Gasteiger partial charge in [-0.2, -0.15) is 0 Å². The summed E-state index contributed by atoms with van der Waals surface area (Å²) in [5.74, 6) is -1.00. The maximum atomic E-state index is 12.9. The highest BCUT2D eigenvalue weighted by molar-refractivity contribution is 6.31. The average molecular weight is 478 g/mol. The van der Waals surface area contributed by atoms with E-state index in [1.54, 1.807) is 24.3 Å². The number of amides is 1. The van der Waals surface area contributed by atoms with E-state index in [1.807, 2.05) is 30.3 Å². The Bertz CT molecular complexity index is 1400. The van der Waals surface area contributed by atoms with Crippen molar-refractivity contribution in [3.8, 4) is 5.75 Å². The van der Waals surface area contributed by atoms with Crippen LogP contribution in [0.3, 0.4) is 0 Å². The number of fused-ring (bicyclic) bond motifs is 1. The summed E-state index contributed by atoms with van der Waals surface area (Å²) in [7, 11) is 1.13. The van der Waals surface area contributed by atoms with Gasteiger partial charge in [-0.25, -0.2) is 4.79 Å². The standard InChI is InChI=1S/C25H20ClN3O5/c1-33-25(32)21-22(27-20-13-16(26)7-12-19(20)23(21)30)24(31)29-28-17-8-10-18(11-9-17)34-14-15-5-3-2-4-6-15/h2-13,28H,14H2,1H3,(H,27,30)(H,29,31). The molecular weight excluding hydrogens is 458 g/mol. The number of nitrogens with one attached hydrogen (secondary N) is 3. The predicted octanol–water partition coefficient (Wildman–Crippen LogP) is 4.30. The van der Waals surface area contributed by atoms with Crippen LogP contribution in [0.15, 0.2) is 77.6 Å². The van der Waals surface area contributed by atoms with E-state index in [0.717, 1.165) is 12.7 Å². The van der Waals surface area contributed by atoms with Gasteiger partial charge < -0.3 is 14.5 Å². The number of methoxy groups -OCH3 is 1. The van der Waals surface area contributed by atoms with Crippen molar-refractivity contribution in [2.75, 3.05) is 12.5 Å². The summed E-state index contributed by atoms with van der Waals surface area (Å²) in [6.07, 6.45) is 0. The fraction of sp³-hybridized carbons (Fsp3) is 0.0800. The number of pyridine rings is 1. The van der Waals surface area contributed by atoms with Crippen LogP contribution in [0.5, 0.6) is 5.75 Å². The molecule has 0 atom stereocenters. The molecule has 0 bridgehead atoms. The van der Waals surface area contributed by atoms with Crippen molar-refractivity contribution in [3.05, 3.63) is 105 Å². The van der Waals surface area contributed by atoms with E-state index in [1.165, 1.54) is 18.2 Å². The molecule has 3 aromatic carbocycles. The lowest BCUT2D eigenvalue weighted by Crippen LogP contribution is -2.34. The predicted molar refractivity (Wildman–Crippen MR) is 129 cm³/mol. The fourth-order valence-electron chi connectivity index (χ4n) is 3.30. The van der Waals surface area contributed by atoms with E-state index in [4.69, 9.17) is 21.1 Å². The average Bonchev–Trinajstić information content (AvgIpc) is 2.86. The molecule has 0 spiro atoms. The van der Waals surface area contributed by atoms with Crippen LogP contribution in [-0.4, -0.2) is 24.0 Å². The molecule has 172 valence electrons. The zero-order valence-corrected chi connectivity index (χ0v) is 18.8. The second-order valence-corrected chi connectivity index (χ2v) is 7.70. The van der Waals surface area contributed by atoms with Gasteiger partial charge in [0.15, 0.2) is 0 Å². The summed E-state index contributed by atoms with van der Waals surface area (Å²) in [4.78, 5) is 40.8. The third-order valence-corrected chi connectivity index (χ3v) is 5.24. The Morgan fingerprint density at radius 1 is 1.00 bits per heavy atom. The van der Waals surface area contributed by atoms with Crippen LogP contribution < -0.4 is 21.0 Å². The van der Waals surface area contributed by atoms with Crippen LogP contribution in [0.1, 0.15) is 26.4 Å². The largest absolute Gasteiger partial charge is 0.489 e. The number of rotatable bonds is 7. The Morgan fingerprint density at radius 3 is 2.44 bits per heavy atom. The molecule has 0 radical (unpaired) electrons.